The highest BCUT2D eigenvalue weighted by Crippen LogP contribution is 2.32. The van der Waals surface area contributed by atoms with Gasteiger partial charge in [0.2, 0.25) is 0 Å². The molecule has 2 aromatic carbocycles. The Morgan fingerprint density at radius 1 is 1.16 bits per heavy atom. The van der Waals surface area contributed by atoms with Crippen molar-refractivity contribution in [2.24, 2.45) is 0 Å². The van der Waals surface area contributed by atoms with E-state index >= 15 is 0 Å². The second-order valence-corrected chi connectivity index (χ2v) is 7.40. The second kappa shape index (κ2) is 5.62. The molecule has 25 heavy (non-hydrogen) atoms. The van der Waals surface area contributed by atoms with Crippen molar-refractivity contribution in [1.29, 1.82) is 0 Å². The quantitative estimate of drug-likeness (QED) is 0.463. The molecule has 0 aliphatic rings. The van der Waals surface area contributed by atoms with Gasteiger partial charge in [-0.15, -0.1) is 0 Å². The third kappa shape index (κ3) is 2.56. The summed E-state index contributed by atoms with van der Waals surface area (Å²) in [6, 6.07) is 14.8. The predicted octanol–water partition coefficient (Wildman–Crippen LogP) is 5.50. The number of pyridine rings is 1. The second-order valence-electron chi connectivity index (χ2n) is 7.40. The van der Waals surface area contributed by atoms with Crippen molar-refractivity contribution in [1.82, 2.24) is 9.38 Å². The lowest BCUT2D eigenvalue weighted by Gasteiger charge is -2.19. The van der Waals surface area contributed by atoms with Crippen molar-refractivity contribution < 1.29 is 4.74 Å². The lowest BCUT2D eigenvalue weighted by Crippen LogP contribution is -2.10. The molecule has 0 fully saturated rings. The van der Waals surface area contributed by atoms with Gasteiger partial charge in [0.05, 0.1) is 5.52 Å². The van der Waals surface area contributed by atoms with Gasteiger partial charge >= 0.3 is 0 Å². The third-order valence-corrected chi connectivity index (χ3v) is 4.59. The van der Waals surface area contributed by atoms with Gasteiger partial charge in [0.15, 0.2) is 0 Å². The molecule has 126 valence electrons. The molecule has 0 unspecified atom stereocenters. The maximum atomic E-state index is 5.83. The van der Waals surface area contributed by atoms with Crippen LogP contribution in [0.3, 0.4) is 0 Å². The molecule has 0 amide bonds. The fourth-order valence-electron chi connectivity index (χ4n) is 3.24. The van der Waals surface area contributed by atoms with E-state index in [2.05, 4.69) is 62.2 Å². The number of rotatable bonds is 3. The van der Waals surface area contributed by atoms with E-state index in [1.165, 1.54) is 10.9 Å². The fraction of sp³-hybridized carbons (Fsp3) is 0.227. The number of para-hydroxylation sites is 1. The molecule has 3 nitrogen and oxygen atoms in total. The first kappa shape index (κ1) is 15.7. The van der Waals surface area contributed by atoms with E-state index in [-0.39, 0.29) is 5.41 Å². The van der Waals surface area contributed by atoms with Crippen LogP contribution in [0.25, 0.3) is 27.5 Å². The van der Waals surface area contributed by atoms with E-state index in [0.29, 0.717) is 6.61 Å². The van der Waals surface area contributed by atoms with Crippen molar-refractivity contribution in [2.45, 2.75) is 26.2 Å². The molecule has 0 N–H and O–H groups in total. The molecule has 0 bridgehead atoms. The Labute approximate surface area is 147 Å². The number of fused-ring (bicyclic) bond motifs is 5. The minimum atomic E-state index is 0.131. The Bertz CT molecular complexity index is 1100. The summed E-state index contributed by atoms with van der Waals surface area (Å²) in [5.74, 6) is 0.829. The van der Waals surface area contributed by atoms with E-state index in [9.17, 15) is 0 Å². The van der Waals surface area contributed by atoms with Gasteiger partial charge in [-0.05, 0) is 34.6 Å². The first-order chi connectivity index (χ1) is 12.0. The highest BCUT2D eigenvalue weighted by molar-refractivity contribution is 5.99. The molecule has 0 spiro atoms. The normalized spacial score (nSPS) is 12.1. The van der Waals surface area contributed by atoms with Gasteiger partial charge in [0.1, 0.15) is 23.5 Å². The molecule has 4 rings (SSSR count). The molecule has 2 heterocycles. The number of benzene rings is 2. The van der Waals surface area contributed by atoms with Crippen LogP contribution in [0.1, 0.15) is 26.3 Å². The Hall–Kier alpha value is -2.81. The molecule has 0 atom stereocenters. The molecule has 3 heteroatoms. The van der Waals surface area contributed by atoms with Crippen molar-refractivity contribution in [3.8, 4) is 5.75 Å². The molecule has 0 saturated heterocycles. The highest BCUT2D eigenvalue weighted by Gasteiger charge is 2.16. The van der Waals surface area contributed by atoms with Gasteiger partial charge in [-0.1, -0.05) is 57.7 Å². The zero-order chi connectivity index (χ0) is 17.6. The largest absolute Gasteiger partial charge is 0.487 e. The predicted molar refractivity (Wildman–Crippen MR) is 105 cm³/mol. The summed E-state index contributed by atoms with van der Waals surface area (Å²) in [5, 5.41) is 2.37. The molecule has 2 aromatic heterocycles. The molecule has 0 aliphatic heterocycles. The number of imidazole rings is 1. The Morgan fingerprint density at radius 3 is 2.76 bits per heavy atom. The number of hydrogen-bond donors (Lipinski definition) is 0. The molecule has 0 aliphatic carbocycles. The van der Waals surface area contributed by atoms with Gasteiger partial charge in [-0.3, -0.25) is 4.40 Å². The van der Waals surface area contributed by atoms with Gasteiger partial charge in [0.25, 0.3) is 0 Å². The average Bonchev–Trinajstić information content (AvgIpc) is 2.98. The first-order valence-corrected chi connectivity index (χ1v) is 8.57. The van der Waals surface area contributed by atoms with Crippen LogP contribution in [0, 0.1) is 0 Å². The lowest BCUT2D eigenvalue weighted by molar-refractivity contribution is 0.366. The number of nitrogens with zero attached hydrogens (tertiary/aromatic N) is 2. The van der Waals surface area contributed by atoms with Crippen LogP contribution in [0.4, 0.5) is 0 Å². The van der Waals surface area contributed by atoms with Gasteiger partial charge in [-0.25, -0.2) is 4.98 Å². The van der Waals surface area contributed by atoms with Crippen LogP contribution in [0.2, 0.25) is 0 Å². The molecule has 0 radical (unpaired) electrons. The van der Waals surface area contributed by atoms with Crippen LogP contribution in [0.5, 0.6) is 5.75 Å². The van der Waals surface area contributed by atoms with Gasteiger partial charge in [-0.2, -0.15) is 0 Å². The topological polar surface area (TPSA) is 26.5 Å². The number of aromatic nitrogens is 2. The highest BCUT2D eigenvalue weighted by atomic mass is 16.5. The Balaban J connectivity index is 2.00. The number of hydrogen-bond acceptors (Lipinski definition) is 2. The molecule has 4 aromatic rings. The van der Waals surface area contributed by atoms with Gasteiger partial charge < -0.3 is 4.74 Å². The summed E-state index contributed by atoms with van der Waals surface area (Å²) >= 11 is 0. The van der Waals surface area contributed by atoms with E-state index in [1.807, 2.05) is 18.2 Å². The van der Waals surface area contributed by atoms with Crippen molar-refractivity contribution in [3.05, 3.63) is 66.9 Å². The zero-order valence-electron chi connectivity index (χ0n) is 14.9. The fourth-order valence-corrected chi connectivity index (χ4v) is 3.24. The van der Waals surface area contributed by atoms with E-state index in [1.54, 1.807) is 6.08 Å². The van der Waals surface area contributed by atoms with Crippen LogP contribution < -0.4 is 4.74 Å². The minimum absolute atomic E-state index is 0.131. The van der Waals surface area contributed by atoms with Crippen LogP contribution in [0.15, 0.2) is 61.3 Å². The molecular formula is C22H22N2O. The Kier molecular flexibility index (Phi) is 3.53. The van der Waals surface area contributed by atoms with Crippen LogP contribution in [-0.4, -0.2) is 16.0 Å². The maximum absolute atomic E-state index is 5.83. The summed E-state index contributed by atoms with van der Waals surface area (Å²) in [5.41, 5.74) is 4.36. The third-order valence-electron chi connectivity index (χ3n) is 4.59. The monoisotopic (exact) mass is 330 g/mol. The van der Waals surface area contributed by atoms with Crippen molar-refractivity contribution in [2.75, 3.05) is 6.61 Å². The van der Waals surface area contributed by atoms with Crippen molar-refractivity contribution >= 4 is 27.5 Å². The number of ether oxygens (including phenoxy) is 1. The summed E-state index contributed by atoms with van der Waals surface area (Å²) in [6.07, 6.45) is 3.84. The lowest BCUT2D eigenvalue weighted by atomic mass is 9.86. The first-order valence-electron chi connectivity index (χ1n) is 8.57. The standard InChI is InChI=1S/C22H22N2O/c1-5-13-25-19-8-6-7-18-20(19)24-12-11-15-14-16(22(2,3)4)9-10-17(15)21(24)23-18/h5-12,14H,1,13H2,2-4H3. The molecular weight excluding hydrogens is 308 g/mol. The summed E-state index contributed by atoms with van der Waals surface area (Å²) in [4.78, 5) is 4.86. The van der Waals surface area contributed by atoms with E-state index in [0.717, 1.165) is 27.8 Å². The van der Waals surface area contributed by atoms with E-state index < -0.39 is 0 Å². The van der Waals surface area contributed by atoms with Gasteiger partial charge in [0, 0.05) is 11.6 Å². The van der Waals surface area contributed by atoms with E-state index in [4.69, 9.17) is 9.72 Å². The minimum Gasteiger partial charge on any atom is -0.487 e. The smallest absolute Gasteiger partial charge is 0.146 e. The SMILES string of the molecule is C=CCOc1cccc2nc3c4ccc(C(C)(C)C)cc4ccn3c12. The zero-order valence-corrected chi connectivity index (χ0v) is 14.9. The molecule has 0 saturated carbocycles. The summed E-state index contributed by atoms with van der Waals surface area (Å²) < 4.78 is 7.95. The van der Waals surface area contributed by atoms with Crippen molar-refractivity contribution in [3.63, 3.8) is 0 Å². The Morgan fingerprint density at radius 2 is 2.00 bits per heavy atom. The maximum Gasteiger partial charge on any atom is 0.146 e. The summed E-state index contributed by atoms with van der Waals surface area (Å²) in [6.45, 7) is 10.9. The average molecular weight is 330 g/mol. The summed E-state index contributed by atoms with van der Waals surface area (Å²) in [7, 11) is 0. The van der Waals surface area contributed by atoms with Crippen LogP contribution in [-0.2, 0) is 5.41 Å². The van der Waals surface area contributed by atoms with Crippen LogP contribution >= 0.6 is 0 Å².